The molecule has 0 aliphatic carbocycles. The van der Waals surface area contributed by atoms with Crippen molar-refractivity contribution in [1.82, 2.24) is 9.97 Å². The maximum absolute atomic E-state index is 11.0. The number of nitrogens with one attached hydrogen (secondary N) is 1. The van der Waals surface area contributed by atoms with E-state index in [0.717, 1.165) is 18.8 Å². The van der Waals surface area contributed by atoms with Crippen molar-refractivity contribution < 1.29 is 0 Å². The Hall–Kier alpha value is -1.32. The Morgan fingerprint density at radius 1 is 1.58 bits per heavy atom. The van der Waals surface area contributed by atoms with Crippen LogP contribution >= 0.6 is 0 Å². The second-order valence-corrected chi connectivity index (χ2v) is 3.05. The van der Waals surface area contributed by atoms with Gasteiger partial charge in [-0.3, -0.25) is 9.78 Å². The fourth-order valence-electron chi connectivity index (χ4n) is 1.24. The summed E-state index contributed by atoms with van der Waals surface area (Å²) in [6.07, 6.45) is 1.19. The Morgan fingerprint density at radius 3 is 2.83 bits per heavy atom. The number of H-pyrrole nitrogens is 1. The Balaban J connectivity index is 2.36. The number of hydrogen-bond acceptors (Lipinski definition) is 3. The largest absolute Gasteiger partial charge is 0.342 e. The third-order valence-corrected chi connectivity index (χ3v) is 2.01. The molecule has 1 aliphatic rings. The Morgan fingerprint density at radius 2 is 2.33 bits per heavy atom. The van der Waals surface area contributed by atoms with Crippen LogP contribution in [0.2, 0.25) is 0 Å². The molecule has 4 heteroatoms. The highest BCUT2D eigenvalue weighted by molar-refractivity contribution is 5.32. The molecule has 0 bridgehead atoms. The van der Waals surface area contributed by atoms with E-state index in [2.05, 4.69) is 14.9 Å². The highest BCUT2D eigenvalue weighted by atomic mass is 16.1. The highest BCUT2D eigenvalue weighted by Crippen LogP contribution is 2.13. The molecule has 64 valence electrons. The quantitative estimate of drug-likeness (QED) is 0.650. The van der Waals surface area contributed by atoms with E-state index in [1.54, 1.807) is 0 Å². The third kappa shape index (κ3) is 1.20. The van der Waals surface area contributed by atoms with E-state index in [0.29, 0.717) is 5.95 Å². The summed E-state index contributed by atoms with van der Waals surface area (Å²) in [5, 5.41) is 0. The van der Waals surface area contributed by atoms with E-state index in [9.17, 15) is 4.79 Å². The number of nitrogens with zero attached hydrogens (tertiary/aromatic N) is 2. The van der Waals surface area contributed by atoms with Gasteiger partial charge in [0.05, 0.1) is 0 Å². The van der Waals surface area contributed by atoms with Gasteiger partial charge >= 0.3 is 0 Å². The van der Waals surface area contributed by atoms with Crippen molar-refractivity contribution in [2.24, 2.45) is 0 Å². The number of aromatic amines is 1. The normalized spacial score (nSPS) is 15.9. The molecule has 0 atom stereocenters. The molecule has 0 amide bonds. The van der Waals surface area contributed by atoms with Crippen LogP contribution in [-0.2, 0) is 0 Å². The minimum atomic E-state index is -0.0654. The molecular formula is C8H11N3O. The Kier molecular flexibility index (Phi) is 1.60. The average Bonchev–Trinajstić information content (AvgIpc) is 1.79. The molecule has 1 N–H and O–H groups in total. The molecular weight excluding hydrogens is 154 g/mol. The fraction of sp³-hybridized carbons (Fsp3) is 0.500. The minimum Gasteiger partial charge on any atom is -0.342 e. The van der Waals surface area contributed by atoms with Gasteiger partial charge in [0.2, 0.25) is 5.95 Å². The van der Waals surface area contributed by atoms with Gasteiger partial charge in [-0.1, -0.05) is 0 Å². The lowest BCUT2D eigenvalue weighted by molar-refractivity contribution is 0.598. The Labute approximate surface area is 70.2 Å². The lowest BCUT2D eigenvalue weighted by Gasteiger charge is -2.31. The topological polar surface area (TPSA) is 49.0 Å². The first-order valence-electron chi connectivity index (χ1n) is 4.08. The lowest BCUT2D eigenvalue weighted by atomic mass is 10.2. The van der Waals surface area contributed by atoms with E-state index in [1.165, 1.54) is 12.5 Å². The number of aryl methyl sites for hydroxylation is 1. The van der Waals surface area contributed by atoms with Crippen molar-refractivity contribution >= 4 is 5.95 Å². The summed E-state index contributed by atoms with van der Waals surface area (Å²) in [7, 11) is 0. The highest BCUT2D eigenvalue weighted by Gasteiger charge is 2.16. The molecule has 2 heterocycles. The second kappa shape index (κ2) is 2.62. The van der Waals surface area contributed by atoms with Gasteiger partial charge in [0.15, 0.2) is 0 Å². The van der Waals surface area contributed by atoms with Crippen LogP contribution in [0.5, 0.6) is 0 Å². The van der Waals surface area contributed by atoms with Crippen LogP contribution in [0.3, 0.4) is 0 Å². The second-order valence-electron chi connectivity index (χ2n) is 3.05. The molecule has 12 heavy (non-hydrogen) atoms. The molecule has 1 aromatic heterocycles. The van der Waals surface area contributed by atoms with Gasteiger partial charge < -0.3 is 4.90 Å². The Bertz CT molecular complexity index is 340. The predicted molar refractivity (Wildman–Crippen MR) is 46.4 cm³/mol. The van der Waals surface area contributed by atoms with Gasteiger partial charge in [-0.15, -0.1) is 0 Å². The standard InChI is InChI=1S/C8H11N3O/c1-6-5-7(12)10-8(9-6)11-3-2-4-11/h5H,2-4H2,1H3,(H,9,10,12). The number of anilines is 1. The van der Waals surface area contributed by atoms with Gasteiger partial charge in [0.1, 0.15) is 0 Å². The first kappa shape index (κ1) is 7.34. The van der Waals surface area contributed by atoms with Crippen LogP contribution in [-0.4, -0.2) is 23.1 Å². The summed E-state index contributed by atoms with van der Waals surface area (Å²) in [5.41, 5.74) is 0.713. The van der Waals surface area contributed by atoms with Gasteiger partial charge in [0, 0.05) is 24.8 Å². The van der Waals surface area contributed by atoms with Gasteiger partial charge in [-0.2, -0.15) is 0 Å². The van der Waals surface area contributed by atoms with Crippen LogP contribution in [0.25, 0.3) is 0 Å². The summed E-state index contributed by atoms with van der Waals surface area (Å²) in [6.45, 7) is 3.84. The van der Waals surface area contributed by atoms with E-state index in [1.807, 2.05) is 6.92 Å². The molecule has 1 saturated heterocycles. The molecule has 0 unspecified atom stereocenters. The zero-order valence-corrected chi connectivity index (χ0v) is 7.00. The molecule has 0 saturated carbocycles. The minimum absolute atomic E-state index is 0.0654. The maximum Gasteiger partial charge on any atom is 0.252 e. The lowest BCUT2D eigenvalue weighted by Crippen LogP contribution is -2.39. The van der Waals surface area contributed by atoms with Crippen molar-refractivity contribution in [3.8, 4) is 0 Å². The zero-order valence-electron chi connectivity index (χ0n) is 7.00. The summed E-state index contributed by atoms with van der Waals surface area (Å²) < 4.78 is 0. The molecule has 2 rings (SSSR count). The van der Waals surface area contributed by atoms with E-state index < -0.39 is 0 Å². The molecule has 1 fully saturated rings. The number of hydrogen-bond donors (Lipinski definition) is 1. The van der Waals surface area contributed by atoms with Crippen molar-refractivity contribution in [2.45, 2.75) is 13.3 Å². The third-order valence-electron chi connectivity index (χ3n) is 2.01. The van der Waals surface area contributed by atoms with E-state index >= 15 is 0 Å². The zero-order chi connectivity index (χ0) is 8.55. The van der Waals surface area contributed by atoms with Crippen LogP contribution in [0.1, 0.15) is 12.1 Å². The summed E-state index contributed by atoms with van der Waals surface area (Å²) in [6, 6.07) is 1.50. The summed E-state index contributed by atoms with van der Waals surface area (Å²) in [4.78, 5) is 20.0. The predicted octanol–water partition coefficient (Wildman–Crippen LogP) is 0.288. The molecule has 0 spiro atoms. The maximum atomic E-state index is 11.0. The van der Waals surface area contributed by atoms with Gasteiger partial charge in [-0.05, 0) is 13.3 Å². The first-order chi connectivity index (χ1) is 5.75. The first-order valence-corrected chi connectivity index (χ1v) is 4.08. The molecule has 0 aromatic carbocycles. The molecule has 1 aromatic rings. The average molecular weight is 165 g/mol. The summed E-state index contributed by atoms with van der Waals surface area (Å²) >= 11 is 0. The monoisotopic (exact) mass is 165 g/mol. The smallest absolute Gasteiger partial charge is 0.252 e. The SMILES string of the molecule is Cc1cc(=O)[nH]c(N2CCC2)n1. The number of aromatic nitrogens is 2. The van der Waals surface area contributed by atoms with Crippen LogP contribution < -0.4 is 10.5 Å². The van der Waals surface area contributed by atoms with Crippen molar-refractivity contribution in [3.05, 3.63) is 22.1 Å². The van der Waals surface area contributed by atoms with Crippen LogP contribution in [0, 0.1) is 6.92 Å². The van der Waals surface area contributed by atoms with Crippen LogP contribution in [0.4, 0.5) is 5.95 Å². The molecule has 1 aliphatic heterocycles. The van der Waals surface area contributed by atoms with Crippen LogP contribution in [0.15, 0.2) is 10.9 Å². The van der Waals surface area contributed by atoms with Crippen molar-refractivity contribution in [2.75, 3.05) is 18.0 Å². The molecule has 4 nitrogen and oxygen atoms in total. The summed E-state index contributed by atoms with van der Waals surface area (Å²) in [5.74, 6) is 0.714. The fourth-order valence-corrected chi connectivity index (χ4v) is 1.24. The van der Waals surface area contributed by atoms with Crippen molar-refractivity contribution in [3.63, 3.8) is 0 Å². The van der Waals surface area contributed by atoms with E-state index in [4.69, 9.17) is 0 Å². The molecule has 0 radical (unpaired) electrons. The van der Waals surface area contributed by atoms with Gasteiger partial charge in [-0.25, -0.2) is 4.98 Å². The number of rotatable bonds is 1. The van der Waals surface area contributed by atoms with E-state index in [-0.39, 0.29) is 5.56 Å². The van der Waals surface area contributed by atoms with Crippen molar-refractivity contribution in [1.29, 1.82) is 0 Å². The van der Waals surface area contributed by atoms with Gasteiger partial charge in [0.25, 0.3) is 5.56 Å².